The van der Waals surface area contributed by atoms with E-state index in [1.165, 1.54) is 17.8 Å². The van der Waals surface area contributed by atoms with Crippen LogP contribution in [0.4, 0.5) is 0 Å². The lowest BCUT2D eigenvalue weighted by Gasteiger charge is -2.34. The lowest BCUT2D eigenvalue weighted by molar-refractivity contribution is -0.124. The number of hydrazine groups is 1. The molecule has 1 amide bonds. The predicted octanol–water partition coefficient (Wildman–Crippen LogP) is 0.835. The second-order valence-corrected chi connectivity index (χ2v) is 7.33. The predicted molar refractivity (Wildman–Crippen MR) is 101 cm³/mol. The van der Waals surface area contributed by atoms with E-state index < -0.39 is 0 Å². The number of carbonyl (C=O) groups excluding carboxylic acids is 1. The molecule has 0 atom stereocenters. The van der Waals surface area contributed by atoms with E-state index in [4.69, 9.17) is 9.52 Å². The van der Waals surface area contributed by atoms with Gasteiger partial charge in [0.15, 0.2) is 0 Å². The van der Waals surface area contributed by atoms with Crippen LogP contribution in [0.25, 0.3) is 11.0 Å². The summed E-state index contributed by atoms with van der Waals surface area (Å²) < 4.78 is 5.24. The van der Waals surface area contributed by atoms with Crippen molar-refractivity contribution < 1.29 is 14.3 Å². The minimum Gasteiger partial charge on any atom is -0.423 e. The average molecular weight is 377 g/mol. The molecule has 1 fully saturated rings. The number of hydrogen-bond acceptors (Lipinski definition) is 7. The fourth-order valence-electron chi connectivity index (χ4n) is 2.98. The van der Waals surface area contributed by atoms with Crippen LogP contribution in [-0.2, 0) is 4.79 Å². The Morgan fingerprint density at radius 1 is 1.27 bits per heavy atom. The molecule has 2 aromatic rings. The molecule has 8 heteroatoms. The number of fused-ring (bicyclic) bond motifs is 1. The van der Waals surface area contributed by atoms with Crippen molar-refractivity contribution >= 4 is 28.6 Å². The van der Waals surface area contributed by atoms with E-state index in [0.717, 1.165) is 42.0 Å². The van der Waals surface area contributed by atoms with E-state index in [2.05, 4.69) is 10.3 Å². The fourth-order valence-corrected chi connectivity index (χ4v) is 3.69. The molecule has 1 aliphatic heterocycles. The van der Waals surface area contributed by atoms with Crippen LogP contribution in [0.2, 0.25) is 0 Å². The molecule has 0 saturated carbocycles. The van der Waals surface area contributed by atoms with Gasteiger partial charge in [-0.2, -0.15) is 0 Å². The molecule has 7 nitrogen and oxygen atoms in total. The first-order valence-electron chi connectivity index (χ1n) is 8.60. The number of amides is 1. The van der Waals surface area contributed by atoms with Crippen molar-refractivity contribution in [2.45, 2.75) is 11.8 Å². The number of thioether (sulfide) groups is 1. The molecular formula is C18H23N3O4S. The van der Waals surface area contributed by atoms with Crippen LogP contribution in [0.3, 0.4) is 0 Å². The highest BCUT2D eigenvalue weighted by Gasteiger charge is 2.17. The van der Waals surface area contributed by atoms with Gasteiger partial charge in [0.2, 0.25) is 5.91 Å². The third-order valence-electron chi connectivity index (χ3n) is 4.36. The molecule has 0 aliphatic carbocycles. The lowest BCUT2D eigenvalue weighted by atomic mass is 10.1. The maximum atomic E-state index is 12.2. The maximum absolute atomic E-state index is 12.2. The van der Waals surface area contributed by atoms with Gasteiger partial charge in [-0.25, -0.2) is 9.80 Å². The van der Waals surface area contributed by atoms with Crippen molar-refractivity contribution in [3.63, 3.8) is 0 Å². The van der Waals surface area contributed by atoms with Crippen LogP contribution in [-0.4, -0.2) is 66.0 Å². The highest BCUT2D eigenvalue weighted by molar-refractivity contribution is 8.00. The molecule has 26 heavy (non-hydrogen) atoms. The Morgan fingerprint density at radius 2 is 2.04 bits per heavy atom. The zero-order valence-electron chi connectivity index (χ0n) is 14.7. The molecule has 0 bridgehead atoms. The number of carbonyl (C=O) groups is 1. The molecular weight excluding hydrogens is 354 g/mol. The topological polar surface area (TPSA) is 86.0 Å². The molecule has 2 heterocycles. The van der Waals surface area contributed by atoms with Gasteiger partial charge in [0.1, 0.15) is 5.58 Å². The van der Waals surface area contributed by atoms with E-state index >= 15 is 0 Å². The van der Waals surface area contributed by atoms with Crippen LogP contribution >= 0.6 is 11.8 Å². The van der Waals surface area contributed by atoms with Gasteiger partial charge in [-0.05, 0) is 30.7 Å². The molecule has 1 aliphatic rings. The van der Waals surface area contributed by atoms with Crippen LogP contribution < -0.4 is 11.1 Å². The largest absolute Gasteiger partial charge is 0.423 e. The van der Waals surface area contributed by atoms with Crippen molar-refractivity contribution in [3.05, 3.63) is 40.2 Å². The van der Waals surface area contributed by atoms with Crippen LogP contribution in [0.15, 0.2) is 38.4 Å². The number of aliphatic hydroxyl groups excluding tert-OH is 1. The molecule has 1 aromatic heterocycles. The minimum absolute atomic E-state index is 0.0589. The molecule has 0 unspecified atom stereocenters. The van der Waals surface area contributed by atoms with Gasteiger partial charge in [-0.3, -0.25) is 15.1 Å². The zero-order valence-corrected chi connectivity index (χ0v) is 15.6. The van der Waals surface area contributed by atoms with Crippen molar-refractivity contribution in [3.8, 4) is 0 Å². The highest BCUT2D eigenvalue weighted by atomic mass is 32.2. The number of nitrogens with one attached hydrogen (secondary N) is 1. The van der Waals surface area contributed by atoms with E-state index in [9.17, 15) is 9.59 Å². The van der Waals surface area contributed by atoms with Gasteiger partial charge in [-0.1, -0.05) is 0 Å². The molecule has 0 spiro atoms. The summed E-state index contributed by atoms with van der Waals surface area (Å²) in [6.07, 6.45) is 0. The Morgan fingerprint density at radius 3 is 2.77 bits per heavy atom. The number of rotatable bonds is 6. The van der Waals surface area contributed by atoms with Gasteiger partial charge in [0.05, 0.1) is 12.4 Å². The van der Waals surface area contributed by atoms with Crippen molar-refractivity contribution in [1.82, 2.24) is 15.3 Å². The highest BCUT2D eigenvalue weighted by Crippen LogP contribution is 2.24. The van der Waals surface area contributed by atoms with Gasteiger partial charge in [-0.15, -0.1) is 11.8 Å². The standard InChI is InChI=1S/C18H23N3O4S/c1-13-10-18(24)25-16-11-14(2-3-15(13)16)26-12-17(23)19-21-6-4-20(5-7-21)8-9-22/h2-3,10-11,22H,4-9,12H2,1H3,(H,19,23). The summed E-state index contributed by atoms with van der Waals surface area (Å²) in [6.45, 7) is 5.87. The Bertz CT molecular complexity index is 831. The van der Waals surface area contributed by atoms with Gasteiger partial charge < -0.3 is 9.52 Å². The number of β-amino-alcohol motifs (C(OH)–C–C–N with tert-alkyl or cyclic N) is 1. The summed E-state index contributed by atoms with van der Waals surface area (Å²) >= 11 is 1.41. The van der Waals surface area contributed by atoms with Gasteiger partial charge in [0.25, 0.3) is 0 Å². The number of piperazine rings is 1. The first-order chi connectivity index (χ1) is 12.5. The summed E-state index contributed by atoms with van der Waals surface area (Å²) in [4.78, 5) is 26.7. The summed E-state index contributed by atoms with van der Waals surface area (Å²) in [5, 5.41) is 11.8. The van der Waals surface area contributed by atoms with Crippen LogP contribution in [0.1, 0.15) is 5.56 Å². The zero-order chi connectivity index (χ0) is 18.5. The third kappa shape index (κ3) is 4.85. The normalized spacial score (nSPS) is 16.1. The molecule has 3 rings (SSSR count). The fraction of sp³-hybridized carbons (Fsp3) is 0.444. The molecule has 0 radical (unpaired) electrons. The van der Waals surface area contributed by atoms with E-state index in [1.807, 2.05) is 24.1 Å². The summed E-state index contributed by atoms with van der Waals surface area (Å²) in [5.41, 5.74) is 3.98. The Balaban J connectivity index is 1.52. The smallest absolute Gasteiger partial charge is 0.336 e. The Kier molecular flexibility index (Phi) is 6.31. The summed E-state index contributed by atoms with van der Waals surface area (Å²) in [5.74, 6) is 0.231. The molecule has 2 N–H and O–H groups in total. The Hall–Kier alpha value is -1.87. The second-order valence-electron chi connectivity index (χ2n) is 6.28. The van der Waals surface area contributed by atoms with Gasteiger partial charge in [0, 0.05) is 49.1 Å². The quantitative estimate of drug-likeness (QED) is 0.570. The van der Waals surface area contributed by atoms with E-state index in [1.54, 1.807) is 6.07 Å². The lowest BCUT2D eigenvalue weighted by Crippen LogP contribution is -2.54. The van der Waals surface area contributed by atoms with E-state index in [0.29, 0.717) is 17.9 Å². The second kappa shape index (κ2) is 8.68. The molecule has 1 saturated heterocycles. The number of benzene rings is 1. The number of nitrogens with zero attached hydrogens (tertiary/aromatic N) is 2. The van der Waals surface area contributed by atoms with Crippen LogP contribution in [0, 0.1) is 6.92 Å². The first-order valence-corrected chi connectivity index (χ1v) is 9.58. The van der Waals surface area contributed by atoms with Gasteiger partial charge >= 0.3 is 5.63 Å². The number of aryl methyl sites for hydroxylation is 1. The first kappa shape index (κ1) is 18.9. The van der Waals surface area contributed by atoms with E-state index in [-0.39, 0.29) is 18.1 Å². The maximum Gasteiger partial charge on any atom is 0.336 e. The SMILES string of the molecule is Cc1cc(=O)oc2cc(SCC(=O)NN3CCN(CCO)CC3)ccc12. The third-order valence-corrected chi connectivity index (χ3v) is 5.36. The average Bonchev–Trinajstić information content (AvgIpc) is 2.61. The monoisotopic (exact) mass is 377 g/mol. The minimum atomic E-state index is -0.366. The van der Waals surface area contributed by atoms with Crippen molar-refractivity contribution in [1.29, 1.82) is 0 Å². The Labute approximate surface area is 155 Å². The number of hydrogen-bond donors (Lipinski definition) is 2. The van der Waals surface area contributed by atoms with Crippen molar-refractivity contribution in [2.24, 2.45) is 0 Å². The summed E-state index contributed by atoms with van der Waals surface area (Å²) in [6, 6.07) is 7.12. The van der Waals surface area contributed by atoms with Crippen molar-refractivity contribution in [2.75, 3.05) is 45.1 Å². The number of aliphatic hydroxyl groups is 1. The van der Waals surface area contributed by atoms with Crippen LogP contribution in [0.5, 0.6) is 0 Å². The molecule has 140 valence electrons. The summed E-state index contributed by atoms with van der Waals surface area (Å²) in [7, 11) is 0. The molecule has 1 aromatic carbocycles.